The molecule has 7 heteroatoms. The lowest BCUT2D eigenvalue weighted by Crippen LogP contribution is -2.21. The second-order valence-electron chi connectivity index (χ2n) is 5.87. The number of ether oxygens (including phenoxy) is 2. The second kappa shape index (κ2) is 9.38. The van der Waals surface area contributed by atoms with Crippen LogP contribution in [0.2, 0.25) is 0 Å². The van der Waals surface area contributed by atoms with Crippen molar-refractivity contribution in [3.63, 3.8) is 0 Å². The summed E-state index contributed by atoms with van der Waals surface area (Å²) in [7, 11) is 0. The van der Waals surface area contributed by atoms with Crippen molar-refractivity contribution in [1.82, 2.24) is 0 Å². The van der Waals surface area contributed by atoms with E-state index < -0.39 is 24.6 Å². The minimum Gasteiger partial charge on any atom is -0.452 e. The molecule has 27 heavy (non-hydrogen) atoms. The van der Waals surface area contributed by atoms with Crippen LogP contribution in [0.1, 0.15) is 28.4 Å². The quantitative estimate of drug-likeness (QED) is 0.757. The van der Waals surface area contributed by atoms with Gasteiger partial charge in [0, 0.05) is 11.4 Å². The Morgan fingerprint density at radius 3 is 2.26 bits per heavy atom. The zero-order valence-electron chi connectivity index (χ0n) is 15.5. The van der Waals surface area contributed by atoms with Crippen LogP contribution >= 0.6 is 0 Å². The topological polar surface area (TPSA) is 93.7 Å². The zero-order valence-corrected chi connectivity index (χ0v) is 15.5. The number of aryl methyl sites for hydroxylation is 2. The first-order valence-corrected chi connectivity index (χ1v) is 8.47. The van der Waals surface area contributed by atoms with Crippen LogP contribution in [-0.2, 0) is 14.3 Å². The number of hydrogen-bond donors (Lipinski definition) is 2. The number of anilines is 2. The molecule has 2 aromatic carbocycles. The third kappa shape index (κ3) is 6.14. The standard InChI is InChI=1S/C20H22N2O5/c1-4-26-20(25)21-16-8-6-15(7-9-16)19(24)27-12-18(23)22-17-10-5-13(2)11-14(17)3/h5-11H,4,12H2,1-3H3,(H,21,25)(H,22,23). The summed E-state index contributed by atoms with van der Waals surface area (Å²) in [5.41, 5.74) is 3.45. The Morgan fingerprint density at radius 2 is 1.63 bits per heavy atom. The van der Waals surface area contributed by atoms with Gasteiger partial charge >= 0.3 is 12.1 Å². The van der Waals surface area contributed by atoms with Gasteiger partial charge in [0.1, 0.15) is 0 Å². The summed E-state index contributed by atoms with van der Waals surface area (Å²) < 4.78 is 9.79. The molecule has 0 spiro atoms. The Balaban J connectivity index is 1.85. The van der Waals surface area contributed by atoms with E-state index in [1.165, 1.54) is 12.1 Å². The maximum absolute atomic E-state index is 12.0. The van der Waals surface area contributed by atoms with Gasteiger partial charge in [-0.25, -0.2) is 9.59 Å². The van der Waals surface area contributed by atoms with Crippen molar-refractivity contribution >= 4 is 29.3 Å². The smallest absolute Gasteiger partial charge is 0.411 e. The number of rotatable bonds is 6. The Kier molecular flexibility index (Phi) is 6.93. The summed E-state index contributed by atoms with van der Waals surface area (Å²) in [5.74, 6) is -1.05. The third-order valence-corrected chi connectivity index (χ3v) is 3.63. The van der Waals surface area contributed by atoms with Crippen molar-refractivity contribution in [3.8, 4) is 0 Å². The van der Waals surface area contributed by atoms with Crippen LogP contribution < -0.4 is 10.6 Å². The van der Waals surface area contributed by atoms with Gasteiger partial charge < -0.3 is 14.8 Å². The molecule has 0 bridgehead atoms. The van der Waals surface area contributed by atoms with Crippen molar-refractivity contribution in [2.75, 3.05) is 23.8 Å². The SMILES string of the molecule is CCOC(=O)Nc1ccc(C(=O)OCC(=O)Nc2ccc(C)cc2C)cc1. The average molecular weight is 370 g/mol. The molecule has 0 aliphatic rings. The molecule has 0 fully saturated rings. The van der Waals surface area contributed by atoms with Crippen LogP contribution in [-0.4, -0.2) is 31.2 Å². The summed E-state index contributed by atoms with van der Waals surface area (Å²) >= 11 is 0. The van der Waals surface area contributed by atoms with E-state index in [0.29, 0.717) is 11.4 Å². The zero-order chi connectivity index (χ0) is 19.8. The first kappa shape index (κ1) is 20.0. The molecule has 7 nitrogen and oxygen atoms in total. The van der Waals surface area contributed by atoms with E-state index in [4.69, 9.17) is 9.47 Å². The van der Waals surface area contributed by atoms with Gasteiger partial charge in [0.15, 0.2) is 6.61 Å². The summed E-state index contributed by atoms with van der Waals surface area (Å²) in [4.78, 5) is 35.3. The molecule has 2 N–H and O–H groups in total. The van der Waals surface area contributed by atoms with Gasteiger partial charge in [-0.3, -0.25) is 10.1 Å². The lowest BCUT2D eigenvalue weighted by Gasteiger charge is -2.10. The summed E-state index contributed by atoms with van der Waals surface area (Å²) in [5, 5.41) is 5.23. The predicted octanol–water partition coefficient (Wildman–Crippen LogP) is 3.67. The average Bonchev–Trinajstić information content (AvgIpc) is 2.63. The molecule has 0 heterocycles. The van der Waals surface area contributed by atoms with Crippen molar-refractivity contribution < 1.29 is 23.9 Å². The van der Waals surface area contributed by atoms with Crippen LogP contribution in [0.15, 0.2) is 42.5 Å². The molecular weight excluding hydrogens is 348 g/mol. The minimum absolute atomic E-state index is 0.264. The molecule has 2 rings (SSSR count). The molecule has 0 aliphatic heterocycles. The van der Waals surface area contributed by atoms with Gasteiger partial charge in [0.2, 0.25) is 0 Å². The van der Waals surface area contributed by atoms with E-state index in [0.717, 1.165) is 11.1 Å². The van der Waals surface area contributed by atoms with Crippen molar-refractivity contribution in [3.05, 3.63) is 59.2 Å². The Hall–Kier alpha value is -3.35. The van der Waals surface area contributed by atoms with Crippen molar-refractivity contribution in [2.45, 2.75) is 20.8 Å². The predicted molar refractivity (Wildman–Crippen MR) is 102 cm³/mol. The normalized spacial score (nSPS) is 10.0. The fourth-order valence-electron chi connectivity index (χ4n) is 2.33. The second-order valence-corrected chi connectivity index (χ2v) is 5.87. The summed E-state index contributed by atoms with van der Waals surface area (Å²) in [6.45, 7) is 5.43. The van der Waals surface area contributed by atoms with Crippen LogP contribution in [0.5, 0.6) is 0 Å². The van der Waals surface area contributed by atoms with Gasteiger partial charge in [0.25, 0.3) is 5.91 Å². The molecule has 0 aliphatic carbocycles. The first-order chi connectivity index (χ1) is 12.9. The van der Waals surface area contributed by atoms with Crippen LogP contribution in [0.3, 0.4) is 0 Å². The molecule has 0 radical (unpaired) electrons. The Morgan fingerprint density at radius 1 is 0.926 bits per heavy atom. The van der Waals surface area contributed by atoms with E-state index in [9.17, 15) is 14.4 Å². The first-order valence-electron chi connectivity index (χ1n) is 8.47. The van der Waals surface area contributed by atoms with E-state index >= 15 is 0 Å². The van der Waals surface area contributed by atoms with Gasteiger partial charge in [0.05, 0.1) is 12.2 Å². The van der Waals surface area contributed by atoms with E-state index in [2.05, 4.69) is 10.6 Å². The maximum atomic E-state index is 12.0. The molecule has 0 saturated carbocycles. The fourth-order valence-corrected chi connectivity index (χ4v) is 2.33. The van der Waals surface area contributed by atoms with Gasteiger partial charge in [-0.05, 0) is 56.7 Å². The number of amides is 2. The number of carbonyl (C=O) groups excluding carboxylic acids is 3. The largest absolute Gasteiger partial charge is 0.452 e. The lowest BCUT2D eigenvalue weighted by atomic mass is 10.1. The van der Waals surface area contributed by atoms with E-state index in [1.807, 2.05) is 26.0 Å². The maximum Gasteiger partial charge on any atom is 0.411 e. The molecule has 142 valence electrons. The van der Waals surface area contributed by atoms with E-state index in [-0.39, 0.29) is 12.2 Å². The van der Waals surface area contributed by atoms with Gasteiger partial charge in [-0.2, -0.15) is 0 Å². The highest BCUT2D eigenvalue weighted by Gasteiger charge is 2.12. The number of hydrogen-bond acceptors (Lipinski definition) is 5. The Labute approximate surface area is 157 Å². The number of nitrogens with one attached hydrogen (secondary N) is 2. The van der Waals surface area contributed by atoms with Crippen molar-refractivity contribution in [2.24, 2.45) is 0 Å². The van der Waals surface area contributed by atoms with Crippen LogP contribution in [0.25, 0.3) is 0 Å². The minimum atomic E-state index is -0.631. The third-order valence-electron chi connectivity index (χ3n) is 3.63. The Bertz CT molecular complexity index is 831. The molecular formula is C20H22N2O5. The highest BCUT2D eigenvalue weighted by Crippen LogP contribution is 2.16. The highest BCUT2D eigenvalue weighted by atomic mass is 16.5. The van der Waals surface area contributed by atoms with Crippen molar-refractivity contribution in [1.29, 1.82) is 0 Å². The molecule has 0 atom stereocenters. The highest BCUT2D eigenvalue weighted by molar-refractivity contribution is 5.96. The summed E-state index contributed by atoms with van der Waals surface area (Å²) in [6, 6.07) is 11.7. The van der Waals surface area contributed by atoms with Gasteiger partial charge in [-0.15, -0.1) is 0 Å². The number of esters is 1. The fraction of sp³-hybridized carbons (Fsp3) is 0.250. The molecule has 0 saturated heterocycles. The molecule has 2 aromatic rings. The molecule has 0 unspecified atom stereocenters. The van der Waals surface area contributed by atoms with E-state index in [1.54, 1.807) is 25.1 Å². The number of carbonyl (C=O) groups is 3. The monoisotopic (exact) mass is 370 g/mol. The van der Waals surface area contributed by atoms with Gasteiger partial charge in [-0.1, -0.05) is 17.7 Å². The summed E-state index contributed by atoms with van der Waals surface area (Å²) in [6.07, 6.45) is -0.573. The van der Waals surface area contributed by atoms with Crippen LogP contribution in [0, 0.1) is 13.8 Å². The molecule has 2 amide bonds. The van der Waals surface area contributed by atoms with Crippen LogP contribution in [0.4, 0.5) is 16.2 Å². The number of benzene rings is 2. The lowest BCUT2D eigenvalue weighted by molar-refractivity contribution is -0.119. The molecule has 0 aromatic heterocycles.